The molecule has 94 valence electrons. The monoisotopic (exact) mass is 235 g/mol. The molecule has 0 bridgehead atoms. The minimum absolute atomic E-state index is 0.200. The van der Waals surface area contributed by atoms with Crippen LogP contribution in [0.15, 0.2) is 6.20 Å². The van der Waals surface area contributed by atoms with Crippen LogP contribution in [-0.4, -0.2) is 22.6 Å². The Labute approximate surface area is 102 Å². The summed E-state index contributed by atoms with van der Waals surface area (Å²) in [4.78, 5) is 11.7. The molecule has 0 radical (unpaired) electrons. The standard InChI is InChI=1S/C13H21N3O/c1-9(11-5-6-11)13(17)14-7-3-4-12-8-15-16-10(12)2/h8-9,11H,3-7H2,1-2H3,(H,14,17)(H,15,16). The van der Waals surface area contributed by atoms with Crippen molar-refractivity contribution in [2.45, 2.75) is 39.5 Å². The van der Waals surface area contributed by atoms with E-state index in [0.717, 1.165) is 25.1 Å². The van der Waals surface area contributed by atoms with Gasteiger partial charge in [-0.15, -0.1) is 0 Å². The third-order valence-corrected chi connectivity index (χ3v) is 3.60. The third-order valence-electron chi connectivity index (χ3n) is 3.60. The maximum absolute atomic E-state index is 11.7. The van der Waals surface area contributed by atoms with Crippen LogP contribution in [0.1, 0.15) is 37.4 Å². The molecule has 0 aliphatic heterocycles. The molecule has 2 N–H and O–H groups in total. The van der Waals surface area contributed by atoms with Crippen LogP contribution in [0, 0.1) is 18.8 Å². The molecule has 1 saturated carbocycles. The van der Waals surface area contributed by atoms with E-state index in [0.29, 0.717) is 5.92 Å². The average molecular weight is 235 g/mol. The fraction of sp³-hybridized carbons (Fsp3) is 0.692. The van der Waals surface area contributed by atoms with Gasteiger partial charge in [0.05, 0.1) is 6.20 Å². The predicted octanol–water partition coefficient (Wildman–Crippen LogP) is 1.81. The molecule has 1 aliphatic carbocycles. The normalized spacial score (nSPS) is 16.8. The molecule has 17 heavy (non-hydrogen) atoms. The van der Waals surface area contributed by atoms with Gasteiger partial charge in [0.25, 0.3) is 0 Å². The quantitative estimate of drug-likeness (QED) is 0.739. The van der Waals surface area contributed by atoms with Gasteiger partial charge in [-0.1, -0.05) is 6.92 Å². The van der Waals surface area contributed by atoms with Crippen molar-refractivity contribution in [3.8, 4) is 0 Å². The van der Waals surface area contributed by atoms with Gasteiger partial charge in [0.15, 0.2) is 0 Å². The number of amides is 1. The van der Waals surface area contributed by atoms with Gasteiger partial charge in [-0.25, -0.2) is 0 Å². The van der Waals surface area contributed by atoms with E-state index in [9.17, 15) is 4.79 Å². The first-order valence-electron chi connectivity index (χ1n) is 6.45. The highest BCUT2D eigenvalue weighted by Crippen LogP contribution is 2.36. The van der Waals surface area contributed by atoms with Crippen molar-refractivity contribution in [2.75, 3.05) is 6.54 Å². The predicted molar refractivity (Wildman–Crippen MR) is 66.5 cm³/mol. The Hall–Kier alpha value is -1.32. The van der Waals surface area contributed by atoms with Gasteiger partial charge in [-0.05, 0) is 44.1 Å². The van der Waals surface area contributed by atoms with Crippen LogP contribution >= 0.6 is 0 Å². The number of aryl methyl sites for hydroxylation is 2. The second-order valence-corrected chi connectivity index (χ2v) is 5.04. The molecular weight excluding hydrogens is 214 g/mol. The maximum atomic E-state index is 11.7. The van der Waals surface area contributed by atoms with Gasteiger partial charge in [0.1, 0.15) is 0 Å². The zero-order chi connectivity index (χ0) is 12.3. The molecule has 1 fully saturated rings. The Kier molecular flexibility index (Phi) is 3.82. The zero-order valence-electron chi connectivity index (χ0n) is 10.6. The van der Waals surface area contributed by atoms with Crippen molar-refractivity contribution < 1.29 is 4.79 Å². The van der Waals surface area contributed by atoms with Crippen molar-refractivity contribution in [3.05, 3.63) is 17.5 Å². The first-order chi connectivity index (χ1) is 8.18. The number of nitrogens with zero attached hydrogens (tertiary/aromatic N) is 1. The van der Waals surface area contributed by atoms with E-state index in [1.54, 1.807) is 0 Å². The summed E-state index contributed by atoms with van der Waals surface area (Å²) in [5.74, 6) is 1.06. The number of aromatic nitrogens is 2. The van der Waals surface area contributed by atoms with E-state index < -0.39 is 0 Å². The lowest BCUT2D eigenvalue weighted by Crippen LogP contribution is -2.31. The van der Waals surface area contributed by atoms with E-state index in [4.69, 9.17) is 0 Å². The smallest absolute Gasteiger partial charge is 0.223 e. The van der Waals surface area contributed by atoms with E-state index in [1.165, 1.54) is 18.4 Å². The number of nitrogens with one attached hydrogen (secondary N) is 2. The topological polar surface area (TPSA) is 57.8 Å². The molecule has 1 heterocycles. The second-order valence-electron chi connectivity index (χ2n) is 5.04. The Morgan fingerprint density at radius 2 is 2.41 bits per heavy atom. The van der Waals surface area contributed by atoms with Gasteiger partial charge < -0.3 is 5.32 Å². The van der Waals surface area contributed by atoms with E-state index in [2.05, 4.69) is 15.5 Å². The molecule has 1 unspecified atom stereocenters. The maximum Gasteiger partial charge on any atom is 0.223 e. The molecule has 1 atom stereocenters. The Balaban J connectivity index is 1.63. The number of hydrogen-bond acceptors (Lipinski definition) is 2. The number of carbonyl (C=O) groups is 1. The minimum atomic E-state index is 0.200. The minimum Gasteiger partial charge on any atom is -0.356 e. The van der Waals surface area contributed by atoms with Crippen LogP contribution in [-0.2, 0) is 11.2 Å². The molecule has 1 amide bonds. The molecule has 1 aromatic heterocycles. The first kappa shape index (κ1) is 12.1. The largest absolute Gasteiger partial charge is 0.356 e. The first-order valence-corrected chi connectivity index (χ1v) is 6.45. The highest BCUT2D eigenvalue weighted by molar-refractivity contribution is 5.78. The van der Waals surface area contributed by atoms with E-state index in [-0.39, 0.29) is 11.8 Å². The number of aromatic amines is 1. The summed E-state index contributed by atoms with van der Waals surface area (Å²) in [5.41, 5.74) is 2.37. The number of hydrogen-bond donors (Lipinski definition) is 2. The highest BCUT2D eigenvalue weighted by atomic mass is 16.1. The summed E-state index contributed by atoms with van der Waals surface area (Å²) in [5, 5.41) is 9.92. The summed E-state index contributed by atoms with van der Waals surface area (Å²) in [6, 6.07) is 0. The molecule has 4 heteroatoms. The van der Waals surface area contributed by atoms with Crippen LogP contribution in [0.25, 0.3) is 0 Å². The van der Waals surface area contributed by atoms with Gasteiger partial charge in [-0.2, -0.15) is 5.10 Å². The lowest BCUT2D eigenvalue weighted by molar-refractivity contribution is -0.125. The van der Waals surface area contributed by atoms with Crippen molar-refractivity contribution in [1.29, 1.82) is 0 Å². The van der Waals surface area contributed by atoms with E-state index >= 15 is 0 Å². The summed E-state index contributed by atoms with van der Waals surface area (Å²) in [6.07, 6.45) is 6.26. The Bertz CT molecular complexity index is 382. The van der Waals surface area contributed by atoms with Crippen molar-refractivity contribution in [3.63, 3.8) is 0 Å². The van der Waals surface area contributed by atoms with Crippen molar-refractivity contribution >= 4 is 5.91 Å². The van der Waals surface area contributed by atoms with Crippen LogP contribution in [0.2, 0.25) is 0 Å². The lowest BCUT2D eigenvalue weighted by Gasteiger charge is -2.10. The molecule has 1 aromatic rings. The summed E-state index contributed by atoms with van der Waals surface area (Å²) in [7, 11) is 0. The third kappa shape index (κ3) is 3.32. The van der Waals surface area contributed by atoms with Crippen LogP contribution < -0.4 is 5.32 Å². The zero-order valence-corrected chi connectivity index (χ0v) is 10.6. The summed E-state index contributed by atoms with van der Waals surface area (Å²) >= 11 is 0. The van der Waals surface area contributed by atoms with Crippen LogP contribution in [0.3, 0.4) is 0 Å². The fourth-order valence-corrected chi connectivity index (χ4v) is 2.09. The number of rotatable bonds is 6. The Morgan fingerprint density at radius 3 is 3.00 bits per heavy atom. The summed E-state index contributed by atoms with van der Waals surface area (Å²) in [6.45, 7) is 4.82. The van der Waals surface area contributed by atoms with Gasteiger partial charge >= 0.3 is 0 Å². The molecule has 0 aromatic carbocycles. The lowest BCUT2D eigenvalue weighted by atomic mass is 10.1. The molecule has 0 saturated heterocycles. The van der Waals surface area contributed by atoms with Crippen LogP contribution in [0.4, 0.5) is 0 Å². The molecule has 2 rings (SSSR count). The number of H-pyrrole nitrogens is 1. The van der Waals surface area contributed by atoms with Crippen LogP contribution in [0.5, 0.6) is 0 Å². The highest BCUT2D eigenvalue weighted by Gasteiger charge is 2.32. The Morgan fingerprint density at radius 1 is 1.65 bits per heavy atom. The van der Waals surface area contributed by atoms with Gasteiger partial charge in [0, 0.05) is 18.2 Å². The molecule has 4 nitrogen and oxygen atoms in total. The van der Waals surface area contributed by atoms with E-state index in [1.807, 2.05) is 20.0 Å². The van der Waals surface area contributed by atoms with Crippen molar-refractivity contribution in [2.24, 2.45) is 11.8 Å². The van der Waals surface area contributed by atoms with Gasteiger partial charge in [0.2, 0.25) is 5.91 Å². The SMILES string of the molecule is Cc1[nH]ncc1CCCNC(=O)C(C)C1CC1. The average Bonchev–Trinajstić information content (AvgIpc) is 3.08. The second kappa shape index (κ2) is 5.34. The molecular formula is C13H21N3O. The molecule has 0 spiro atoms. The van der Waals surface area contributed by atoms with Crippen molar-refractivity contribution in [1.82, 2.24) is 15.5 Å². The summed E-state index contributed by atoms with van der Waals surface area (Å²) < 4.78 is 0. The van der Waals surface area contributed by atoms with Gasteiger partial charge in [-0.3, -0.25) is 9.89 Å². The molecule has 1 aliphatic rings. The fourth-order valence-electron chi connectivity index (χ4n) is 2.09. The number of carbonyl (C=O) groups excluding carboxylic acids is 1.